The number of nitrogens with zero attached hydrogens (tertiary/aromatic N) is 1. The van der Waals surface area contributed by atoms with E-state index in [9.17, 15) is 4.39 Å². The Morgan fingerprint density at radius 3 is 3.06 bits per heavy atom. The second-order valence-electron chi connectivity index (χ2n) is 5.00. The fourth-order valence-electron chi connectivity index (χ4n) is 2.66. The maximum Gasteiger partial charge on any atom is 0.150 e. The quantitative estimate of drug-likeness (QED) is 0.814. The van der Waals surface area contributed by atoms with Gasteiger partial charge in [-0.25, -0.2) is 4.39 Å². The van der Waals surface area contributed by atoms with Gasteiger partial charge in [0, 0.05) is 18.7 Å². The molecule has 3 heteroatoms. The van der Waals surface area contributed by atoms with Crippen molar-refractivity contribution in [2.24, 2.45) is 5.92 Å². The summed E-state index contributed by atoms with van der Waals surface area (Å²) >= 11 is 0. The van der Waals surface area contributed by atoms with Crippen LogP contribution in [0.4, 0.5) is 10.1 Å². The molecule has 1 fully saturated rings. The highest BCUT2D eigenvalue weighted by atomic mass is 19.1. The van der Waals surface area contributed by atoms with Crippen LogP contribution in [0.15, 0.2) is 18.2 Å². The van der Waals surface area contributed by atoms with E-state index in [-0.39, 0.29) is 11.5 Å². The summed E-state index contributed by atoms with van der Waals surface area (Å²) < 4.78 is 13.7. The Bertz CT molecular complexity index is 378. The number of anilines is 1. The summed E-state index contributed by atoms with van der Waals surface area (Å²) in [5.41, 5.74) is 6.56. The zero-order chi connectivity index (χ0) is 12.3. The molecule has 1 saturated heterocycles. The molecule has 0 aromatic heterocycles. The van der Waals surface area contributed by atoms with Crippen molar-refractivity contribution >= 4 is 5.69 Å². The Balaban J connectivity index is 1.96. The van der Waals surface area contributed by atoms with Crippen LogP contribution in [0, 0.1) is 11.7 Å². The van der Waals surface area contributed by atoms with Gasteiger partial charge in [-0.3, -0.25) is 4.90 Å². The van der Waals surface area contributed by atoms with Gasteiger partial charge in [-0.05, 0) is 31.4 Å². The summed E-state index contributed by atoms with van der Waals surface area (Å²) in [4.78, 5) is 2.33. The minimum absolute atomic E-state index is 0.244. The van der Waals surface area contributed by atoms with Gasteiger partial charge in [-0.15, -0.1) is 0 Å². The van der Waals surface area contributed by atoms with Gasteiger partial charge in [0.2, 0.25) is 0 Å². The number of benzene rings is 1. The topological polar surface area (TPSA) is 29.3 Å². The van der Waals surface area contributed by atoms with Crippen LogP contribution >= 0.6 is 0 Å². The standard InChI is InChI=1S/C14H21FN2/c1-2-4-11-7-8-17(9-11)10-12-5-3-6-13(16)14(12)15/h3,5-6,11H,2,4,7-10,16H2,1H3. The third-order valence-corrected chi connectivity index (χ3v) is 3.57. The summed E-state index contributed by atoms with van der Waals surface area (Å²) in [6, 6.07) is 5.27. The van der Waals surface area contributed by atoms with E-state index in [1.165, 1.54) is 19.3 Å². The first kappa shape index (κ1) is 12.4. The molecule has 0 aliphatic carbocycles. The van der Waals surface area contributed by atoms with Crippen LogP contribution in [-0.2, 0) is 6.54 Å². The first-order chi connectivity index (χ1) is 8.20. The van der Waals surface area contributed by atoms with E-state index in [1.54, 1.807) is 6.07 Å². The number of likely N-dealkylation sites (tertiary alicyclic amines) is 1. The van der Waals surface area contributed by atoms with Gasteiger partial charge in [0.05, 0.1) is 5.69 Å². The van der Waals surface area contributed by atoms with Gasteiger partial charge in [-0.1, -0.05) is 25.5 Å². The fraction of sp³-hybridized carbons (Fsp3) is 0.571. The first-order valence-electron chi connectivity index (χ1n) is 6.46. The molecule has 2 N–H and O–H groups in total. The minimum atomic E-state index is -0.244. The number of nitrogen functional groups attached to an aromatic ring is 1. The predicted octanol–water partition coefficient (Wildman–Crippen LogP) is 3.03. The Morgan fingerprint density at radius 2 is 2.29 bits per heavy atom. The first-order valence-corrected chi connectivity index (χ1v) is 6.46. The van der Waals surface area contributed by atoms with Crippen molar-refractivity contribution in [2.45, 2.75) is 32.7 Å². The van der Waals surface area contributed by atoms with Crippen LogP contribution in [0.1, 0.15) is 31.7 Å². The van der Waals surface area contributed by atoms with Crippen molar-refractivity contribution in [3.8, 4) is 0 Å². The van der Waals surface area contributed by atoms with Crippen LogP contribution in [-0.4, -0.2) is 18.0 Å². The van der Waals surface area contributed by atoms with Crippen LogP contribution < -0.4 is 5.73 Å². The van der Waals surface area contributed by atoms with Gasteiger partial charge < -0.3 is 5.73 Å². The van der Waals surface area contributed by atoms with Gasteiger partial charge in [0.1, 0.15) is 0 Å². The van der Waals surface area contributed by atoms with Gasteiger partial charge in [-0.2, -0.15) is 0 Å². The maximum absolute atomic E-state index is 13.7. The molecule has 0 spiro atoms. The summed E-state index contributed by atoms with van der Waals surface area (Å²) in [7, 11) is 0. The van der Waals surface area contributed by atoms with E-state index in [4.69, 9.17) is 5.73 Å². The molecule has 1 heterocycles. The van der Waals surface area contributed by atoms with Crippen molar-refractivity contribution in [1.29, 1.82) is 0 Å². The van der Waals surface area contributed by atoms with E-state index in [2.05, 4.69) is 11.8 Å². The average molecular weight is 236 g/mol. The predicted molar refractivity (Wildman–Crippen MR) is 69.1 cm³/mol. The second kappa shape index (κ2) is 5.50. The lowest BCUT2D eigenvalue weighted by Gasteiger charge is -2.16. The van der Waals surface area contributed by atoms with Gasteiger partial charge >= 0.3 is 0 Å². The second-order valence-corrected chi connectivity index (χ2v) is 5.00. The maximum atomic E-state index is 13.7. The molecule has 0 bridgehead atoms. The highest BCUT2D eigenvalue weighted by Crippen LogP contribution is 2.24. The molecule has 1 unspecified atom stereocenters. The molecule has 0 saturated carbocycles. The highest BCUT2D eigenvalue weighted by molar-refractivity contribution is 5.42. The summed E-state index contributed by atoms with van der Waals surface area (Å²) in [5, 5.41) is 0. The Kier molecular flexibility index (Phi) is 4.00. The molecule has 17 heavy (non-hydrogen) atoms. The summed E-state index contributed by atoms with van der Waals surface area (Å²) in [6.45, 7) is 5.10. The van der Waals surface area contributed by atoms with Crippen molar-refractivity contribution in [2.75, 3.05) is 18.8 Å². The van der Waals surface area contributed by atoms with E-state index >= 15 is 0 Å². The largest absolute Gasteiger partial charge is 0.396 e. The molecule has 1 aliphatic heterocycles. The number of hydrogen-bond acceptors (Lipinski definition) is 2. The summed E-state index contributed by atoms with van der Waals surface area (Å²) in [6.07, 6.45) is 3.78. The molecular formula is C14H21FN2. The molecule has 2 nitrogen and oxygen atoms in total. The van der Waals surface area contributed by atoms with E-state index in [0.717, 1.165) is 24.6 Å². The zero-order valence-electron chi connectivity index (χ0n) is 10.5. The minimum Gasteiger partial charge on any atom is -0.396 e. The molecule has 1 atom stereocenters. The smallest absolute Gasteiger partial charge is 0.150 e. The molecule has 0 amide bonds. The fourth-order valence-corrected chi connectivity index (χ4v) is 2.66. The van der Waals surface area contributed by atoms with Gasteiger partial charge in [0.25, 0.3) is 0 Å². The van der Waals surface area contributed by atoms with Crippen LogP contribution in [0.2, 0.25) is 0 Å². The van der Waals surface area contributed by atoms with Crippen LogP contribution in [0.5, 0.6) is 0 Å². The van der Waals surface area contributed by atoms with Crippen molar-refractivity contribution in [1.82, 2.24) is 4.90 Å². The lowest BCUT2D eigenvalue weighted by Crippen LogP contribution is -2.21. The third-order valence-electron chi connectivity index (χ3n) is 3.57. The number of nitrogens with two attached hydrogens (primary N) is 1. The lowest BCUT2D eigenvalue weighted by atomic mass is 10.0. The Morgan fingerprint density at radius 1 is 1.47 bits per heavy atom. The molecular weight excluding hydrogens is 215 g/mol. The number of halogens is 1. The molecule has 2 rings (SSSR count). The molecule has 94 valence electrons. The van der Waals surface area contributed by atoms with Crippen LogP contribution in [0.25, 0.3) is 0 Å². The Hall–Kier alpha value is -1.09. The summed E-state index contributed by atoms with van der Waals surface area (Å²) in [5.74, 6) is 0.551. The van der Waals surface area contributed by atoms with E-state index in [1.807, 2.05) is 12.1 Å². The molecule has 1 aromatic carbocycles. The number of hydrogen-bond donors (Lipinski definition) is 1. The third kappa shape index (κ3) is 2.97. The lowest BCUT2D eigenvalue weighted by molar-refractivity contribution is 0.308. The van der Waals surface area contributed by atoms with Crippen LogP contribution in [0.3, 0.4) is 0 Å². The SMILES string of the molecule is CCCC1CCN(Cc2cccc(N)c2F)C1. The number of rotatable bonds is 4. The van der Waals surface area contributed by atoms with Crippen molar-refractivity contribution in [3.05, 3.63) is 29.6 Å². The highest BCUT2D eigenvalue weighted by Gasteiger charge is 2.22. The molecule has 1 aliphatic rings. The van der Waals surface area contributed by atoms with Gasteiger partial charge in [0.15, 0.2) is 5.82 Å². The average Bonchev–Trinajstić information content (AvgIpc) is 2.73. The Labute approximate surface area is 103 Å². The monoisotopic (exact) mass is 236 g/mol. The van der Waals surface area contributed by atoms with E-state index < -0.39 is 0 Å². The van der Waals surface area contributed by atoms with Crippen molar-refractivity contribution < 1.29 is 4.39 Å². The molecule has 0 radical (unpaired) electrons. The molecule has 1 aromatic rings. The normalized spacial score (nSPS) is 20.9. The van der Waals surface area contributed by atoms with Crippen molar-refractivity contribution in [3.63, 3.8) is 0 Å². The van der Waals surface area contributed by atoms with E-state index in [0.29, 0.717) is 6.54 Å². The zero-order valence-corrected chi connectivity index (χ0v) is 10.5.